The van der Waals surface area contributed by atoms with Crippen LogP contribution in [0.3, 0.4) is 0 Å². The topological polar surface area (TPSA) is 37.6 Å². The highest BCUT2D eigenvalue weighted by atomic mass is 15.0. The molecule has 0 N–H and O–H groups in total. The van der Waals surface area contributed by atoms with E-state index in [0.717, 1.165) is 28.4 Å². The molecule has 3 nitrogen and oxygen atoms in total. The smallest absolute Gasteiger partial charge is 0.155 e. The number of aromatic nitrogens is 1. The molecule has 0 amide bonds. The van der Waals surface area contributed by atoms with E-state index in [1.54, 1.807) is 0 Å². The largest absolute Gasteiger partial charge is 0.258 e. The Balaban J connectivity index is 1.26. The minimum absolute atomic E-state index is 0.0993. The van der Waals surface area contributed by atoms with Gasteiger partial charge < -0.3 is 0 Å². The van der Waals surface area contributed by atoms with Gasteiger partial charge in [0.15, 0.2) is 5.84 Å². The number of nitrogens with zero attached hydrogens (tertiary/aromatic N) is 3. The SMILES string of the molecule is c1ccc(-c2ccc(C3=NC(c4cc5ccccc5c5ccccc45)CC(c4cc5ccccc5c5ccccc45)=N3)cc2)nc1. The van der Waals surface area contributed by atoms with Crippen LogP contribution in [0.2, 0.25) is 0 Å². The van der Waals surface area contributed by atoms with Gasteiger partial charge in [0.1, 0.15) is 0 Å². The Morgan fingerprint density at radius 3 is 1.74 bits per heavy atom. The monoisotopic (exact) mass is 587 g/mol. The highest BCUT2D eigenvalue weighted by molar-refractivity contribution is 6.23. The molecule has 9 rings (SSSR count). The first-order valence-corrected chi connectivity index (χ1v) is 15.8. The Kier molecular flexibility index (Phi) is 6.27. The Bertz CT molecular complexity index is 2490. The van der Waals surface area contributed by atoms with Gasteiger partial charge in [0.05, 0.1) is 17.4 Å². The maximum Gasteiger partial charge on any atom is 0.155 e. The summed E-state index contributed by atoms with van der Waals surface area (Å²) in [7, 11) is 0. The molecule has 1 atom stereocenters. The predicted molar refractivity (Wildman–Crippen MR) is 193 cm³/mol. The second-order valence-electron chi connectivity index (χ2n) is 11.9. The Labute approximate surface area is 267 Å². The van der Waals surface area contributed by atoms with E-state index in [-0.39, 0.29) is 6.04 Å². The number of hydrogen-bond donors (Lipinski definition) is 0. The first-order valence-electron chi connectivity index (χ1n) is 15.8. The normalized spacial score (nSPS) is 14.9. The fraction of sp³-hybridized carbons (Fsp3) is 0.0465. The molecule has 0 radical (unpaired) electrons. The van der Waals surface area contributed by atoms with Crippen molar-refractivity contribution in [2.75, 3.05) is 0 Å². The molecule has 8 aromatic rings. The molecule has 1 aliphatic rings. The first-order chi connectivity index (χ1) is 22.8. The maximum atomic E-state index is 5.41. The van der Waals surface area contributed by atoms with Gasteiger partial charge in [-0.1, -0.05) is 127 Å². The van der Waals surface area contributed by atoms with Gasteiger partial charge in [-0.2, -0.15) is 0 Å². The summed E-state index contributed by atoms with van der Waals surface area (Å²) >= 11 is 0. The molecular formula is C43H29N3. The second kappa shape index (κ2) is 10.9. The first kappa shape index (κ1) is 26.5. The summed E-state index contributed by atoms with van der Waals surface area (Å²) in [6.45, 7) is 0. The molecule has 0 saturated carbocycles. The predicted octanol–water partition coefficient (Wildman–Crippen LogP) is 10.7. The van der Waals surface area contributed by atoms with Gasteiger partial charge in [-0.3, -0.25) is 9.98 Å². The fourth-order valence-electron chi connectivity index (χ4n) is 7.04. The van der Waals surface area contributed by atoms with Crippen LogP contribution in [0.4, 0.5) is 0 Å². The van der Waals surface area contributed by atoms with Gasteiger partial charge in [0.25, 0.3) is 0 Å². The molecule has 0 spiro atoms. The zero-order chi connectivity index (χ0) is 30.5. The quantitative estimate of drug-likeness (QED) is 0.189. The van der Waals surface area contributed by atoms with Crippen LogP contribution in [0.5, 0.6) is 0 Å². The van der Waals surface area contributed by atoms with Crippen molar-refractivity contribution in [3.05, 3.63) is 175 Å². The number of hydrogen-bond acceptors (Lipinski definition) is 3. The van der Waals surface area contributed by atoms with Crippen LogP contribution in [0.15, 0.2) is 168 Å². The molecule has 0 saturated heterocycles. The van der Waals surface area contributed by atoms with E-state index in [1.165, 1.54) is 54.2 Å². The van der Waals surface area contributed by atoms with Crippen molar-refractivity contribution in [2.24, 2.45) is 9.98 Å². The molecule has 1 unspecified atom stereocenters. The summed E-state index contributed by atoms with van der Waals surface area (Å²) < 4.78 is 0. The maximum absolute atomic E-state index is 5.41. The lowest BCUT2D eigenvalue weighted by atomic mass is 9.87. The molecule has 0 aliphatic carbocycles. The van der Waals surface area contributed by atoms with Gasteiger partial charge >= 0.3 is 0 Å². The minimum atomic E-state index is -0.0993. The molecule has 3 heteroatoms. The van der Waals surface area contributed by atoms with E-state index in [2.05, 4.69) is 138 Å². The number of pyridine rings is 1. The molecule has 1 aromatic heterocycles. The summed E-state index contributed by atoms with van der Waals surface area (Å²) in [6.07, 6.45) is 2.54. The number of aliphatic imine (C=N–C) groups is 2. The molecule has 0 bridgehead atoms. The van der Waals surface area contributed by atoms with Crippen LogP contribution in [0, 0.1) is 0 Å². The third kappa shape index (κ3) is 4.48. The Morgan fingerprint density at radius 2 is 1.04 bits per heavy atom. The fourth-order valence-corrected chi connectivity index (χ4v) is 7.04. The van der Waals surface area contributed by atoms with E-state index < -0.39 is 0 Å². The lowest BCUT2D eigenvalue weighted by Crippen LogP contribution is -2.18. The van der Waals surface area contributed by atoms with Gasteiger partial charge in [-0.05, 0) is 72.9 Å². The van der Waals surface area contributed by atoms with Crippen molar-refractivity contribution in [3.63, 3.8) is 0 Å². The third-order valence-electron chi connectivity index (χ3n) is 9.25. The van der Waals surface area contributed by atoms with Crippen LogP contribution in [-0.4, -0.2) is 16.5 Å². The lowest BCUT2D eigenvalue weighted by molar-refractivity contribution is 0.761. The highest BCUT2D eigenvalue weighted by Gasteiger charge is 2.25. The van der Waals surface area contributed by atoms with Gasteiger partial charge in [0.2, 0.25) is 0 Å². The molecule has 216 valence electrons. The van der Waals surface area contributed by atoms with Crippen LogP contribution in [0.1, 0.15) is 29.2 Å². The van der Waals surface area contributed by atoms with E-state index >= 15 is 0 Å². The van der Waals surface area contributed by atoms with Crippen LogP contribution in [-0.2, 0) is 0 Å². The van der Waals surface area contributed by atoms with Crippen LogP contribution < -0.4 is 0 Å². The summed E-state index contributed by atoms with van der Waals surface area (Å²) in [6, 6.07) is 53.8. The van der Waals surface area contributed by atoms with Crippen LogP contribution >= 0.6 is 0 Å². The Hall–Kier alpha value is -5.93. The third-order valence-corrected chi connectivity index (χ3v) is 9.25. The number of fused-ring (bicyclic) bond motifs is 6. The summed E-state index contributed by atoms with van der Waals surface area (Å²) in [5, 5.41) is 9.93. The molecular weight excluding hydrogens is 558 g/mol. The molecule has 0 fully saturated rings. The molecule has 1 aliphatic heterocycles. The summed E-state index contributed by atoms with van der Waals surface area (Å²) in [4.78, 5) is 15.3. The average Bonchev–Trinajstić information content (AvgIpc) is 3.14. The van der Waals surface area contributed by atoms with Crippen molar-refractivity contribution < 1.29 is 0 Å². The Morgan fingerprint density at radius 1 is 0.478 bits per heavy atom. The molecule has 2 heterocycles. The zero-order valence-corrected chi connectivity index (χ0v) is 25.1. The van der Waals surface area contributed by atoms with Gasteiger partial charge in [-0.15, -0.1) is 0 Å². The summed E-state index contributed by atoms with van der Waals surface area (Å²) in [5.41, 5.74) is 6.48. The van der Waals surface area contributed by atoms with E-state index in [4.69, 9.17) is 9.98 Å². The molecule has 46 heavy (non-hydrogen) atoms. The van der Waals surface area contributed by atoms with Crippen molar-refractivity contribution in [3.8, 4) is 11.3 Å². The molecule has 7 aromatic carbocycles. The van der Waals surface area contributed by atoms with Crippen molar-refractivity contribution in [1.29, 1.82) is 0 Å². The minimum Gasteiger partial charge on any atom is -0.258 e. The van der Waals surface area contributed by atoms with Crippen molar-refractivity contribution >= 4 is 54.6 Å². The van der Waals surface area contributed by atoms with E-state index in [1.807, 2.05) is 24.4 Å². The van der Waals surface area contributed by atoms with E-state index in [0.29, 0.717) is 6.42 Å². The zero-order valence-electron chi connectivity index (χ0n) is 25.1. The number of amidine groups is 1. The summed E-state index contributed by atoms with van der Waals surface area (Å²) in [5.74, 6) is 0.758. The highest BCUT2D eigenvalue weighted by Crippen LogP contribution is 2.39. The second-order valence-corrected chi connectivity index (χ2v) is 11.9. The average molecular weight is 588 g/mol. The lowest BCUT2D eigenvalue weighted by Gasteiger charge is -2.24. The van der Waals surface area contributed by atoms with Gasteiger partial charge in [-0.25, -0.2) is 4.99 Å². The number of rotatable bonds is 4. The number of benzene rings is 7. The van der Waals surface area contributed by atoms with Crippen molar-refractivity contribution in [1.82, 2.24) is 4.98 Å². The van der Waals surface area contributed by atoms with E-state index in [9.17, 15) is 0 Å². The van der Waals surface area contributed by atoms with Crippen molar-refractivity contribution in [2.45, 2.75) is 12.5 Å². The standard InChI is InChI=1S/C43H29N3/c1-3-13-32-30(11-1)25-38(36-17-7-5-15-34(32)36)41-27-42(39-26-31-12-2-4-14-33(31)35-16-6-8-18-37(35)39)46-43(45-41)29-22-20-28(21-23-29)40-19-9-10-24-44-40/h1-26,41H,27H2. The van der Waals surface area contributed by atoms with Gasteiger partial charge in [0, 0.05) is 29.3 Å². The van der Waals surface area contributed by atoms with Crippen LogP contribution in [0.25, 0.3) is 54.3 Å².